The summed E-state index contributed by atoms with van der Waals surface area (Å²) in [6.45, 7) is 2.67. The zero-order chi connectivity index (χ0) is 17.6. The summed E-state index contributed by atoms with van der Waals surface area (Å²) in [4.78, 5) is 13.8. The SMILES string of the molecule is c1ccc(CCCNc2nc(-c3cccnc3)nc3c2CCNC3)cc1. The van der Waals surface area contributed by atoms with E-state index >= 15 is 0 Å². The Balaban J connectivity index is 1.50. The molecule has 5 nitrogen and oxygen atoms in total. The lowest BCUT2D eigenvalue weighted by molar-refractivity contribution is 0.624. The number of fused-ring (bicyclic) bond motifs is 1. The third kappa shape index (κ3) is 3.89. The first-order valence-corrected chi connectivity index (χ1v) is 9.19. The van der Waals surface area contributed by atoms with Crippen molar-refractivity contribution < 1.29 is 0 Å². The zero-order valence-electron chi connectivity index (χ0n) is 14.8. The predicted octanol–water partition coefficient (Wildman–Crippen LogP) is 3.23. The van der Waals surface area contributed by atoms with E-state index in [0.29, 0.717) is 0 Å². The Morgan fingerprint density at radius 1 is 1.04 bits per heavy atom. The van der Waals surface area contributed by atoms with Gasteiger partial charge in [-0.15, -0.1) is 0 Å². The lowest BCUT2D eigenvalue weighted by atomic mass is 10.1. The molecule has 2 N–H and O–H groups in total. The van der Waals surface area contributed by atoms with Gasteiger partial charge in [-0.3, -0.25) is 4.98 Å². The first kappa shape index (κ1) is 16.7. The quantitative estimate of drug-likeness (QED) is 0.672. The van der Waals surface area contributed by atoms with Gasteiger partial charge in [-0.2, -0.15) is 0 Å². The van der Waals surface area contributed by atoms with Crippen LogP contribution < -0.4 is 10.6 Å². The Kier molecular flexibility index (Phi) is 5.17. The smallest absolute Gasteiger partial charge is 0.163 e. The predicted molar refractivity (Wildman–Crippen MR) is 104 cm³/mol. The van der Waals surface area contributed by atoms with Crippen LogP contribution in [0.5, 0.6) is 0 Å². The minimum absolute atomic E-state index is 0.742. The van der Waals surface area contributed by atoms with Crippen molar-refractivity contribution in [1.82, 2.24) is 20.3 Å². The first-order chi connectivity index (χ1) is 12.9. The van der Waals surface area contributed by atoms with Crippen molar-refractivity contribution in [2.24, 2.45) is 0 Å². The Hall–Kier alpha value is -2.79. The monoisotopic (exact) mass is 345 g/mol. The van der Waals surface area contributed by atoms with Gasteiger partial charge in [0.05, 0.1) is 5.69 Å². The molecule has 0 saturated heterocycles. The van der Waals surface area contributed by atoms with Crippen LogP contribution in [0.15, 0.2) is 54.9 Å². The number of aryl methyl sites for hydroxylation is 1. The summed E-state index contributed by atoms with van der Waals surface area (Å²) in [5.74, 6) is 1.72. The van der Waals surface area contributed by atoms with E-state index < -0.39 is 0 Å². The van der Waals surface area contributed by atoms with Gasteiger partial charge in [0.25, 0.3) is 0 Å². The van der Waals surface area contributed by atoms with Crippen molar-refractivity contribution >= 4 is 5.82 Å². The van der Waals surface area contributed by atoms with Crippen LogP contribution in [0, 0.1) is 0 Å². The van der Waals surface area contributed by atoms with Gasteiger partial charge in [-0.25, -0.2) is 9.97 Å². The molecule has 3 heterocycles. The Morgan fingerprint density at radius 3 is 2.81 bits per heavy atom. The number of pyridine rings is 1. The summed E-state index contributed by atoms with van der Waals surface area (Å²) < 4.78 is 0. The molecule has 2 aromatic heterocycles. The van der Waals surface area contributed by atoms with Crippen molar-refractivity contribution in [2.75, 3.05) is 18.4 Å². The maximum absolute atomic E-state index is 4.81. The van der Waals surface area contributed by atoms with Gasteiger partial charge in [-0.05, 0) is 43.5 Å². The molecule has 5 heteroatoms. The third-order valence-electron chi connectivity index (χ3n) is 4.63. The molecule has 26 heavy (non-hydrogen) atoms. The molecule has 0 saturated carbocycles. The molecule has 1 aliphatic rings. The number of hydrogen-bond donors (Lipinski definition) is 2. The zero-order valence-corrected chi connectivity index (χ0v) is 14.8. The summed E-state index contributed by atoms with van der Waals surface area (Å²) in [5, 5.41) is 6.96. The van der Waals surface area contributed by atoms with Crippen molar-refractivity contribution in [3.63, 3.8) is 0 Å². The molecule has 1 aromatic carbocycles. The fraction of sp³-hybridized carbons (Fsp3) is 0.286. The van der Waals surface area contributed by atoms with Crippen LogP contribution >= 0.6 is 0 Å². The maximum Gasteiger partial charge on any atom is 0.163 e. The van der Waals surface area contributed by atoms with Crippen molar-refractivity contribution in [3.8, 4) is 11.4 Å². The lowest BCUT2D eigenvalue weighted by Crippen LogP contribution is -2.26. The largest absolute Gasteiger partial charge is 0.370 e. The molecule has 0 amide bonds. The van der Waals surface area contributed by atoms with Gasteiger partial charge in [-0.1, -0.05) is 30.3 Å². The highest BCUT2D eigenvalue weighted by molar-refractivity contribution is 5.59. The summed E-state index contributed by atoms with van der Waals surface area (Å²) >= 11 is 0. The second-order valence-electron chi connectivity index (χ2n) is 6.51. The van der Waals surface area contributed by atoms with Gasteiger partial charge >= 0.3 is 0 Å². The molecular formula is C21H23N5. The molecule has 4 rings (SSSR count). The molecule has 1 aliphatic heterocycles. The van der Waals surface area contributed by atoms with Crippen LogP contribution in [0.2, 0.25) is 0 Å². The van der Waals surface area contributed by atoms with E-state index in [1.54, 1.807) is 6.20 Å². The lowest BCUT2D eigenvalue weighted by Gasteiger charge is -2.20. The van der Waals surface area contributed by atoms with Gasteiger partial charge in [0.2, 0.25) is 0 Å². The molecule has 0 unspecified atom stereocenters. The normalized spacial score (nSPS) is 13.2. The fourth-order valence-corrected chi connectivity index (χ4v) is 3.27. The van der Waals surface area contributed by atoms with Crippen LogP contribution in [0.1, 0.15) is 23.2 Å². The third-order valence-corrected chi connectivity index (χ3v) is 4.63. The van der Waals surface area contributed by atoms with Crippen molar-refractivity contribution in [2.45, 2.75) is 25.8 Å². The van der Waals surface area contributed by atoms with Crippen molar-refractivity contribution in [3.05, 3.63) is 71.7 Å². The highest BCUT2D eigenvalue weighted by Gasteiger charge is 2.18. The number of hydrogen-bond acceptors (Lipinski definition) is 5. The first-order valence-electron chi connectivity index (χ1n) is 9.19. The van der Waals surface area contributed by atoms with Crippen molar-refractivity contribution in [1.29, 1.82) is 0 Å². The number of nitrogens with zero attached hydrogens (tertiary/aromatic N) is 3. The van der Waals surface area contributed by atoms with Crippen LogP contribution in [-0.2, 0) is 19.4 Å². The molecule has 0 atom stereocenters. The number of aromatic nitrogens is 3. The van der Waals surface area contributed by atoms with E-state index in [9.17, 15) is 0 Å². The number of benzene rings is 1. The minimum atomic E-state index is 0.742. The molecule has 3 aromatic rings. The number of rotatable bonds is 6. The highest BCUT2D eigenvalue weighted by Crippen LogP contribution is 2.24. The van der Waals surface area contributed by atoms with Gasteiger partial charge < -0.3 is 10.6 Å². The van der Waals surface area contributed by atoms with Crippen LogP contribution in [0.25, 0.3) is 11.4 Å². The molecule has 0 bridgehead atoms. The van der Waals surface area contributed by atoms with Gasteiger partial charge in [0.1, 0.15) is 5.82 Å². The average molecular weight is 345 g/mol. The highest BCUT2D eigenvalue weighted by atomic mass is 15.1. The Labute approximate surface area is 153 Å². The van der Waals surface area contributed by atoms with E-state index in [2.05, 4.69) is 45.9 Å². The number of anilines is 1. The molecule has 0 aliphatic carbocycles. The summed E-state index contributed by atoms with van der Waals surface area (Å²) in [7, 11) is 0. The number of nitrogens with one attached hydrogen (secondary N) is 2. The average Bonchev–Trinajstić information content (AvgIpc) is 2.72. The summed E-state index contributed by atoms with van der Waals surface area (Å²) in [6.07, 6.45) is 6.69. The molecular weight excluding hydrogens is 322 g/mol. The van der Waals surface area contributed by atoms with Crippen LogP contribution in [0.3, 0.4) is 0 Å². The Morgan fingerprint density at radius 2 is 1.96 bits per heavy atom. The maximum atomic E-state index is 4.81. The van der Waals surface area contributed by atoms with E-state index in [0.717, 1.165) is 61.8 Å². The molecule has 0 spiro atoms. The van der Waals surface area contributed by atoms with Crippen LogP contribution in [-0.4, -0.2) is 28.0 Å². The van der Waals surface area contributed by atoms with Gasteiger partial charge in [0, 0.05) is 36.6 Å². The minimum Gasteiger partial charge on any atom is -0.370 e. The second-order valence-corrected chi connectivity index (χ2v) is 6.51. The summed E-state index contributed by atoms with van der Waals surface area (Å²) in [6, 6.07) is 14.5. The van der Waals surface area contributed by atoms with E-state index in [4.69, 9.17) is 9.97 Å². The van der Waals surface area contributed by atoms with Gasteiger partial charge in [0.15, 0.2) is 5.82 Å². The van der Waals surface area contributed by atoms with E-state index in [-0.39, 0.29) is 0 Å². The van der Waals surface area contributed by atoms with Crippen LogP contribution in [0.4, 0.5) is 5.82 Å². The standard InChI is InChI=1S/C21H23N5/c1-2-6-16(7-3-1)8-4-12-24-21-18-10-13-23-15-19(18)25-20(26-21)17-9-5-11-22-14-17/h1-3,5-7,9,11,14,23H,4,8,10,12-13,15H2,(H,24,25,26). The van der Waals surface area contributed by atoms with E-state index in [1.807, 2.05) is 18.3 Å². The molecule has 132 valence electrons. The second kappa shape index (κ2) is 8.06. The Bertz CT molecular complexity index is 849. The molecule has 0 fully saturated rings. The molecule has 0 radical (unpaired) electrons. The summed E-state index contributed by atoms with van der Waals surface area (Å²) in [5.41, 5.74) is 4.67. The fourth-order valence-electron chi connectivity index (χ4n) is 3.27. The topological polar surface area (TPSA) is 62.7 Å². The van der Waals surface area contributed by atoms with E-state index in [1.165, 1.54) is 11.1 Å².